The Morgan fingerprint density at radius 1 is 1.15 bits per heavy atom. The molecule has 0 radical (unpaired) electrons. The van der Waals surface area contributed by atoms with Crippen LogP contribution in [0.3, 0.4) is 0 Å². The molecule has 0 aliphatic carbocycles. The summed E-state index contributed by atoms with van der Waals surface area (Å²) < 4.78 is 2.09. The number of carbonyl (C=O) groups is 1. The van der Waals surface area contributed by atoms with Crippen molar-refractivity contribution in [3.8, 4) is 11.3 Å². The SMILES string of the molecule is CCc1ccc(-c2nc3ccccn3c2CN(C)C(=O)CC(C)C)cc1. The van der Waals surface area contributed by atoms with E-state index in [0.717, 1.165) is 29.0 Å². The topological polar surface area (TPSA) is 37.6 Å². The molecule has 0 aliphatic heterocycles. The van der Waals surface area contributed by atoms with Gasteiger partial charge in [0.05, 0.1) is 17.9 Å². The summed E-state index contributed by atoms with van der Waals surface area (Å²) in [5.41, 5.74) is 5.29. The van der Waals surface area contributed by atoms with Gasteiger partial charge in [-0.1, -0.05) is 51.1 Å². The number of carbonyl (C=O) groups excluding carboxylic acids is 1. The van der Waals surface area contributed by atoms with Crippen molar-refractivity contribution in [3.05, 3.63) is 59.9 Å². The number of rotatable bonds is 6. The number of nitrogens with zero attached hydrogens (tertiary/aromatic N) is 3. The molecule has 4 heteroatoms. The summed E-state index contributed by atoms with van der Waals surface area (Å²) in [4.78, 5) is 19.1. The van der Waals surface area contributed by atoms with Crippen LogP contribution in [-0.4, -0.2) is 27.2 Å². The van der Waals surface area contributed by atoms with E-state index < -0.39 is 0 Å². The van der Waals surface area contributed by atoms with E-state index in [0.29, 0.717) is 18.9 Å². The third-order valence-electron chi connectivity index (χ3n) is 4.66. The summed E-state index contributed by atoms with van der Waals surface area (Å²) in [5, 5.41) is 0. The van der Waals surface area contributed by atoms with Crippen molar-refractivity contribution in [2.24, 2.45) is 5.92 Å². The van der Waals surface area contributed by atoms with E-state index in [1.54, 1.807) is 4.90 Å². The molecule has 1 aromatic carbocycles. The van der Waals surface area contributed by atoms with Gasteiger partial charge in [0.15, 0.2) is 0 Å². The molecule has 0 saturated heterocycles. The van der Waals surface area contributed by atoms with Gasteiger partial charge in [-0.3, -0.25) is 4.79 Å². The molecule has 0 N–H and O–H groups in total. The quantitative estimate of drug-likeness (QED) is 0.654. The monoisotopic (exact) mass is 349 g/mol. The summed E-state index contributed by atoms with van der Waals surface area (Å²) in [6.45, 7) is 6.84. The van der Waals surface area contributed by atoms with Crippen LogP contribution in [0.5, 0.6) is 0 Å². The highest BCUT2D eigenvalue weighted by Gasteiger charge is 2.18. The second-order valence-corrected chi connectivity index (χ2v) is 7.23. The van der Waals surface area contributed by atoms with Gasteiger partial charge in [0.1, 0.15) is 5.65 Å². The van der Waals surface area contributed by atoms with Crippen LogP contribution in [-0.2, 0) is 17.8 Å². The van der Waals surface area contributed by atoms with Crippen molar-refractivity contribution in [1.82, 2.24) is 14.3 Å². The van der Waals surface area contributed by atoms with Crippen LogP contribution in [0.25, 0.3) is 16.9 Å². The minimum Gasteiger partial charge on any atom is -0.340 e. The molecule has 0 bridgehead atoms. The fraction of sp³-hybridized carbons (Fsp3) is 0.364. The Balaban J connectivity index is 2.00. The van der Waals surface area contributed by atoms with Crippen molar-refractivity contribution >= 4 is 11.6 Å². The average molecular weight is 349 g/mol. The Kier molecular flexibility index (Phi) is 5.40. The Hall–Kier alpha value is -2.62. The van der Waals surface area contributed by atoms with E-state index >= 15 is 0 Å². The third kappa shape index (κ3) is 3.79. The molecule has 0 unspecified atom stereocenters. The van der Waals surface area contributed by atoms with Crippen LogP contribution < -0.4 is 0 Å². The average Bonchev–Trinajstić information content (AvgIpc) is 3.00. The number of aromatic nitrogens is 2. The number of benzene rings is 1. The number of pyridine rings is 1. The first-order chi connectivity index (χ1) is 12.5. The summed E-state index contributed by atoms with van der Waals surface area (Å²) >= 11 is 0. The Bertz CT molecular complexity index is 893. The first-order valence-corrected chi connectivity index (χ1v) is 9.28. The lowest BCUT2D eigenvalue weighted by Crippen LogP contribution is -2.27. The van der Waals surface area contributed by atoms with Crippen molar-refractivity contribution in [2.75, 3.05) is 7.05 Å². The van der Waals surface area contributed by atoms with Crippen LogP contribution >= 0.6 is 0 Å². The first kappa shape index (κ1) is 18.2. The lowest BCUT2D eigenvalue weighted by molar-refractivity contribution is -0.131. The van der Waals surface area contributed by atoms with Crippen LogP contribution in [0, 0.1) is 5.92 Å². The van der Waals surface area contributed by atoms with Crippen LogP contribution in [0.4, 0.5) is 0 Å². The Labute approximate surface area is 155 Å². The number of amides is 1. The smallest absolute Gasteiger partial charge is 0.222 e. The molecule has 136 valence electrons. The minimum absolute atomic E-state index is 0.165. The maximum atomic E-state index is 12.4. The number of hydrogen-bond acceptors (Lipinski definition) is 2. The molecule has 3 aromatic rings. The summed E-state index contributed by atoms with van der Waals surface area (Å²) in [6.07, 6.45) is 3.60. The van der Waals surface area contributed by atoms with Gasteiger partial charge in [-0.15, -0.1) is 0 Å². The van der Waals surface area contributed by atoms with E-state index in [2.05, 4.69) is 49.4 Å². The van der Waals surface area contributed by atoms with E-state index in [9.17, 15) is 4.79 Å². The lowest BCUT2D eigenvalue weighted by atomic mass is 10.1. The van der Waals surface area contributed by atoms with Gasteiger partial charge in [0.2, 0.25) is 5.91 Å². The largest absolute Gasteiger partial charge is 0.340 e. The van der Waals surface area contributed by atoms with Gasteiger partial charge < -0.3 is 9.30 Å². The molecular weight excluding hydrogens is 322 g/mol. The van der Waals surface area contributed by atoms with Crippen LogP contribution in [0.2, 0.25) is 0 Å². The van der Waals surface area contributed by atoms with Gasteiger partial charge in [-0.05, 0) is 30.0 Å². The van der Waals surface area contributed by atoms with Gasteiger partial charge in [-0.2, -0.15) is 0 Å². The molecule has 4 nitrogen and oxygen atoms in total. The summed E-state index contributed by atoms with van der Waals surface area (Å²) in [6, 6.07) is 14.5. The maximum absolute atomic E-state index is 12.4. The van der Waals surface area contributed by atoms with Crippen molar-refractivity contribution in [2.45, 2.75) is 40.2 Å². The van der Waals surface area contributed by atoms with Gasteiger partial charge in [0.25, 0.3) is 0 Å². The molecule has 0 aliphatic rings. The second kappa shape index (κ2) is 7.73. The fourth-order valence-electron chi connectivity index (χ4n) is 3.15. The number of imidazole rings is 1. The van der Waals surface area contributed by atoms with Gasteiger partial charge in [0, 0.05) is 25.2 Å². The standard InChI is InChI=1S/C22H27N3O/c1-5-17-9-11-18(12-10-17)22-19(15-24(4)21(26)14-16(2)3)25-13-7-6-8-20(25)23-22/h6-13,16H,5,14-15H2,1-4H3. The predicted octanol–water partition coefficient (Wildman–Crippen LogP) is 4.57. The summed E-state index contributed by atoms with van der Waals surface area (Å²) in [5.74, 6) is 0.520. The van der Waals surface area contributed by atoms with Crippen molar-refractivity contribution < 1.29 is 4.79 Å². The minimum atomic E-state index is 0.165. The van der Waals surface area contributed by atoms with E-state index in [-0.39, 0.29) is 5.91 Å². The first-order valence-electron chi connectivity index (χ1n) is 9.28. The molecule has 0 fully saturated rings. The van der Waals surface area contributed by atoms with Crippen molar-refractivity contribution in [1.29, 1.82) is 0 Å². The van der Waals surface area contributed by atoms with Gasteiger partial charge >= 0.3 is 0 Å². The normalized spacial score (nSPS) is 11.3. The molecule has 2 aromatic heterocycles. The molecule has 0 saturated carbocycles. The molecular formula is C22H27N3O. The molecule has 2 heterocycles. The highest BCUT2D eigenvalue weighted by atomic mass is 16.2. The van der Waals surface area contributed by atoms with Crippen molar-refractivity contribution in [3.63, 3.8) is 0 Å². The number of aryl methyl sites for hydroxylation is 1. The Morgan fingerprint density at radius 3 is 2.54 bits per heavy atom. The lowest BCUT2D eigenvalue weighted by Gasteiger charge is -2.19. The van der Waals surface area contributed by atoms with Crippen LogP contribution in [0.1, 0.15) is 38.4 Å². The van der Waals surface area contributed by atoms with Crippen LogP contribution in [0.15, 0.2) is 48.7 Å². The molecule has 3 rings (SSSR count). The highest BCUT2D eigenvalue weighted by Crippen LogP contribution is 2.26. The molecule has 0 atom stereocenters. The zero-order valence-corrected chi connectivity index (χ0v) is 16.1. The Morgan fingerprint density at radius 2 is 1.88 bits per heavy atom. The zero-order chi connectivity index (χ0) is 18.7. The van der Waals surface area contributed by atoms with E-state index in [1.165, 1.54) is 5.56 Å². The molecule has 0 spiro atoms. The molecule has 26 heavy (non-hydrogen) atoms. The maximum Gasteiger partial charge on any atom is 0.222 e. The zero-order valence-electron chi connectivity index (χ0n) is 16.1. The second-order valence-electron chi connectivity index (χ2n) is 7.23. The highest BCUT2D eigenvalue weighted by molar-refractivity contribution is 5.76. The third-order valence-corrected chi connectivity index (χ3v) is 4.66. The number of hydrogen-bond donors (Lipinski definition) is 0. The van der Waals surface area contributed by atoms with E-state index in [4.69, 9.17) is 4.98 Å². The van der Waals surface area contributed by atoms with Gasteiger partial charge in [-0.25, -0.2) is 4.98 Å². The predicted molar refractivity (Wildman–Crippen MR) is 106 cm³/mol. The number of fused-ring (bicyclic) bond motifs is 1. The van der Waals surface area contributed by atoms with E-state index in [1.807, 2.05) is 31.4 Å². The fourth-order valence-corrected chi connectivity index (χ4v) is 3.15. The summed E-state index contributed by atoms with van der Waals surface area (Å²) in [7, 11) is 1.87. The molecule has 1 amide bonds.